The van der Waals surface area contributed by atoms with E-state index in [1.165, 1.54) is 13.1 Å². The Hall–Kier alpha value is -3.27. The summed E-state index contributed by atoms with van der Waals surface area (Å²) in [6, 6.07) is 1.24. The summed E-state index contributed by atoms with van der Waals surface area (Å²) in [5.41, 5.74) is 0.465. The van der Waals surface area contributed by atoms with Gasteiger partial charge in [-0.1, -0.05) is 13.8 Å². The fourth-order valence-corrected chi connectivity index (χ4v) is 4.95. The number of aromatic carboxylic acids is 1. The van der Waals surface area contributed by atoms with Gasteiger partial charge in [-0.05, 0) is 57.1 Å². The third-order valence-corrected chi connectivity index (χ3v) is 6.70. The predicted molar refractivity (Wildman–Crippen MR) is 139 cm³/mol. The van der Waals surface area contributed by atoms with Crippen LogP contribution in [-0.4, -0.2) is 59.8 Å². The Bertz CT molecular complexity index is 1160. The molecule has 2 heterocycles. The fourth-order valence-electron chi connectivity index (χ4n) is 4.95. The van der Waals surface area contributed by atoms with Crippen molar-refractivity contribution in [1.29, 1.82) is 0 Å². The normalized spacial score (nSPS) is 19.0. The first-order chi connectivity index (χ1) is 17.8. The number of hydrogen-bond donors (Lipinski definition) is 2. The molecule has 0 radical (unpaired) electrons. The number of nitrogens with zero attached hydrogens (tertiary/aromatic N) is 2. The molecule has 2 fully saturated rings. The Kier molecular flexibility index (Phi) is 11.2. The molecular weight excluding hydrogens is 483 g/mol. The minimum Gasteiger partial charge on any atom is -0.477 e. The Morgan fingerprint density at radius 1 is 1.22 bits per heavy atom. The number of rotatable bonds is 7. The van der Waals surface area contributed by atoms with E-state index in [0.29, 0.717) is 36.3 Å². The van der Waals surface area contributed by atoms with Crippen molar-refractivity contribution >= 4 is 35.3 Å². The maximum atomic E-state index is 15.4. The number of anilines is 1. The lowest BCUT2D eigenvalue weighted by atomic mass is 9.90. The van der Waals surface area contributed by atoms with Crippen molar-refractivity contribution in [2.24, 2.45) is 11.8 Å². The monoisotopic (exact) mass is 520 g/mol. The Balaban J connectivity index is 0.000000898. The number of carboxylic acid groups (broad SMARTS) is 1. The van der Waals surface area contributed by atoms with Crippen molar-refractivity contribution in [3.8, 4) is 0 Å². The van der Waals surface area contributed by atoms with E-state index in [-0.39, 0.29) is 42.0 Å². The molecule has 2 atom stereocenters. The average molecular weight is 521 g/mol. The van der Waals surface area contributed by atoms with Crippen LogP contribution in [0, 0.1) is 24.6 Å². The Morgan fingerprint density at radius 3 is 2.41 bits per heavy atom. The zero-order valence-electron chi connectivity index (χ0n) is 21.9. The number of aliphatic hydroxyl groups is 1. The van der Waals surface area contributed by atoms with Crippen LogP contribution in [0.4, 0.5) is 10.1 Å². The van der Waals surface area contributed by atoms with Gasteiger partial charge in [0, 0.05) is 43.2 Å². The molecule has 2 aromatic rings. The number of carbonyl (C=O) groups excluding carboxylic acids is 2. The molecule has 4 rings (SSSR count). The summed E-state index contributed by atoms with van der Waals surface area (Å²) >= 11 is 0. The van der Waals surface area contributed by atoms with E-state index in [2.05, 4.69) is 0 Å². The minimum atomic E-state index is -1.32. The number of pyridine rings is 1. The molecule has 1 saturated heterocycles. The molecule has 0 unspecified atom stereocenters. The highest BCUT2D eigenvalue weighted by Crippen LogP contribution is 2.40. The Labute approximate surface area is 215 Å². The molecule has 10 heteroatoms. The minimum absolute atomic E-state index is 0.0261. The van der Waals surface area contributed by atoms with Gasteiger partial charge in [0.1, 0.15) is 17.7 Å². The molecule has 0 amide bonds. The van der Waals surface area contributed by atoms with Crippen LogP contribution in [0.15, 0.2) is 17.1 Å². The number of ether oxygens (including phenoxy) is 1. The molecule has 2 aliphatic rings. The second-order valence-corrected chi connectivity index (χ2v) is 9.00. The van der Waals surface area contributed by atoms with Gasteiger partial charge in [0.25, 0.3) is 6.47 Å². The number of halogens is 1. The van der Waals surface area contributed by atoms with E-state index in [1.807, 2.05) is 18.7 Å². The van der Waals surface area contributed by atoms with Crippen LogP contribution in [0.1, 0.15) is 68.4 Å². The molecule has 204 valence electrons. The van der Waals surface area contributed by atoms with Crippen LogP contribution >= 0.6 is 0 Å². The number of hydrogen-bond acceptors (Lipinski definition) is 7. The van der Waals surface area contributed by atoms with Crippen molar-refractivity contribution in [3.63, 3.8) is 0 Å². The van der Waals surface area contributed by atoms with E-state index < -0.39 is 17.2 Å². The van der Waals surface area contributed by atoms with E-state index in [9.17, 15) is 24.6 Å². The summed E-state index contributed by atoms with van der Waals surface area (Å²) in [6.45, 7) is 8.62. The number of aldehydes is 1. The van der Waals surface area contributed by atoms with Crippen LogP contribution in [0.3, 0.4) is 0 Å². The lowest BCUT2D eigenvalue weighted by Gasteiger charge is -2.30. The van der Waals surface area contributed by atoms with E-state index >= 15 is 4.39 Å². The molecule has 0 bridgehead atoms. The summed E-state index contributed by atoms with van der Waals surface area (Å²) in [5.74, 6) is -2.14. The highest BCUT2D eigenvalue weighted by molar-refractivity contribution is 5.95. The number of benzene rings is 1. The van der Waals surface area contributed by atoms with E-state index in [0.717, 1.165) is 38.0 Å². The lowest BCUT2D eigenvalue weighted by Crippen LogP contribution is -2.34. The second-order valence-electron chi connectivity index (χ2n) is 9.00. The quantitative estimate of drug-likeness (QED) is 0.529. The molecule has 2 N–H and O–H groups in total. The molecule has 37 heavy (non-hydrogen) atoms. The number of carbonyl (C=O) groups is 3. The zero-order chi connectivity index (χ0) is 27.7. The SMILES string of the molecule is CC.CC=O.Cc1c(N2CCC[C@H](COC=O)[C@H](CO)C2)c(F)cc2c(=O)c(C(=O)O)cn(C3CC3)c12. The van der Waals surface area contributed by atoms with Crippen molar-refractivity contribution in [3.05, 3.63) is 39.4 Å². The first kappa shape index (κ1) is 30.0. The number of fused-ring (bicyclic) bond motifs is 1. The molecular formula is C27H37FN2O7. The smallest absolute Gasteiger partial charge is 0.341 e. The van der Waals surface area contributed by atoms with Gasteiger partial charge in [0.05, 0.1) is 17.8 Å². The van der Waals surface area contributed by atoms with Crippen molar-refractivity contribution in [1.82, 2.24) is 4.57 Å². The zero-order valence-corrected chi connectivity index (χ0v) is 21.9. The maximum absolute atomic E-state index is 15.4. The third kappa shape index (κ3) is 6.74. The van der Waals surface area contributed by atoms with Crippen LogP contribution in [0.25, 0.3) is 10.9 Å². The summed E-state index contributed by atoms with van der Waals surface area (Å²) in [5, 5.41) is 19.5. The number of aromatic nitrogens is 1. The predicted octanol–water partition coefficient (Wildman–Crippen LogP) is 3.71. The van der Waals surface area contributed by atoms with Crippen molar-refractivity contribution < 1.29 is 33.7 Å². The summed E-state index contributed by atoms with van der Waals surface area (Å²) < 4.78 is 22.2. The van der Waals surface area contributed by atoms with E-state index in [1.54, 1.807) is 11.5 Å². The van der Waals surface area contributed by atoms with Gasteiger partial charge in [-0.25, -0.2) is 9.18 Å². The average Bonchev–Trinajstić information content (AvgIpc) is 3.73. The van der Waals surface area contributed by atoms with Crippen LogP contribution in [0.5, 0.6) is 0 Å². The summed E-state index contributed by atoms with van der Waals surface area (Å²) in [4.78, 5) is 45.7. The largest absolute Gasteiger partial charge is 0.477 e. The summed E-state index contributed by atoms with van der Waals surface area (Å²) in [7, 11) is 0. The highest BCUT2D eigenvalue weighted by Gasteiger charge is 2.32. The standard InChI is InChI=1S/C23H27FN2O6.C2H4O.C2H6/c1-13-20-17(22(29)18(23(30)31)9-26(20)16-4-5-16)7-19(24)21(13)25-6-2-3-14(11-32-12-28)15(8-25)10-27;1-2-3;1-2/h7,9,12,14-16,27H,2-6,8,10-11H2,1H3,(H,30,31);2H,1H3;1-2H3/t14-,15+;;/m1../s1. The summed E-state index contributed by atoms with van der Waals surface area (Å²) in [6.07, 6.45) is 5.34. The molecule has 1 saturated carbocycles. The van der Waals surface area contributed by atoms with Gasteiger partial charge < -0.3 is 29.2 Å². The van der Waals surface area contributed by atoms with Gasteiger partial charge in [0.2, 0.25) is 5.43 Å². The highest BCUT2D eigenvalue weighted by atomic mass is 19.1. The lowest BCUT2D eigenvalue weighted by molar-refractivity contribution is -0.130. The van der Waals surface area contributed by atoms with Crippen molar-refractivity contribution in [2.45, 2.75) is 59.4 Å². The van der Waals surface area contributed by atoms with Crippen LogP contribution in [0.2, 0.25) is 0 Å². The van der Waals surface area contributed by atoms with Gasteiger partial charge in [-0.3, -0.25) is 9.59 Å². The molecule has 1 aromatic heterocycles. The van der Waals surface area contributed by atoms with Crippen LogP contribution in [-0.2, 0) is 14.3 Å². The Morgan fingerprint density at radius 2 is 1.86 bits per heavy atom. The first-order valence-electron chi connectivity index (χ1n) is 12.7. The molecule has 1 aromatic carbocycles. The van der Waals surface area contributed by atoms with Crippen molar-refractivity contribution in [2.75, 3.05) is 31.2 Å². The fraction of sp³-hybridized carbons (Fsp3) is 0.556. The number of aliphatic hydroxyl groups excluding tert-OH is 1. The van der Waals surface area contributed by atoms with Gasteiger partial charge in [-0.2, -0.15) is 0 Å². The topological polar surface area (TPSA) is 126 Å². The number of carboxylic acids is 1. The van der Waals surface area contributed by atoms with Crippen LogP contribution < -0.4 is 10.3 Å². The van der Waals surface area contributed by atoms with Gasteiger partial charge in [0.15, 0.2) is 0 Å². The molecule has 0 spiro atoms. The third-order valence-electron chi connectivity index (χ3n) is 6.70. The maximum Gasteiger partial charge on any atom is 0.341 e. The molecule has 1 aliphatic heterocycles. The first-order valence-corrected chi connectivity index (χ1v) is 12.7. The number of aryl methyl sites for hydroxylation is 1. The molecule has 1 aliphatic carbocycles. The van der Waals surface area contributed by atoms with Gasteiger partial charge in [-0.15, -0.1) is 0 Å². The second kappa shape index (κ2) is 13.9. The molecule has 9 nitrogen and oxygen atoms in total. The van der Waals surface area contributed by atoms with Gasteiger partial charge >= 0.3 is 5.97 Å². The van der Waals surface area contributed by atoms with E-state index in [4.69, 9.17) is 9.53 Å².